The van der Waals surface area contributed by atoms with E-state index in [9.17, 15) is 4.79 Å². The normalized spacial score (nSPS) is 10.4. The average Bonchev–Trinajstić information content (AvgIpc) is 2.33. The Morgan fingerprint density at radius 2 is 1.70 bits per heavy atom. The van der Waals surface area contributed by atoms with Crippen molar-refractivity contribution >= 4 is 33.2 Å². The van der Waals surface area contributed by atoms with Crippen LogP contribution in [0, 0.1) is 20.8 Å². The third kappa shape index (κ3) is 2.85. The van der Waals surface area contributed by atoms with Gasteiger partial charge in [0, 0.05) is 10.0 Å². The van der Waals surface area contributed by atoms with E-state index < -0.39 is 0 Å². The highest BCUT2D eigenvalue weighted by atomic mass is 79.9. The van der Waals surface area contributed by atoms with Gasteiger partial charge < -0.3 is 11.1 Å². The molecular formula is C16H17BrN2O. The number of nitrogens with one attached hydrogen (secondary N) is 1. The van der Waals surface area contributed by atoms with Crippen molar-refractivity contribution in [3.63, 3.8) is 0 Å². The van der Waals surface area contributed by atoms with Crippen LogP contribution >= 0.6 is 15.9 Å². The minimum Gasteiger partial charge on any atom is -0.397 e. The molecule has 3 nitrogen and oxygen atoms in total. The van der Waals surface area contributed by atoms with Crippen LogP contribution in [0.5, 0.6) is 0 Å². The minimum atomic E-state index is -0.127. The maximum absolute atomic E-state index is 12.5. The lowest BCUT2D eigenvalue weighted by Gasteiger charge is -2.14. The van der Waals surface area contributed by atoms with E-state index in [1.165, 1.54) is 0 Å². The fourth-order valence-corrected chi connectivity index (χ4v) is 2.88. The second-order valence-corrected chi connectivity index (χ2v) is 5.82. The number of hydrogen-bond donors (Lipinski definition) is 2. The number of rotatable bonds is 2. The summed E-state index contributed by atoms with van der Waals surface area (Å²) in [6.45, 7) is 5.78. The number of anilines is 2. The van der Waals surface area contributed by atoms with Crippen LogP contribution < -0.4 is 11.1 Å². The molecule has 0 aromatic heterocycles. The SMILES string of the molecule is Cc1cc(Br)cc(N)c1NC(=O)c1c(C)cccc1C. The van der Waals surface area contributed by atoms with Crippen molar-refractivity contribution in [3.05, 3.63) is 57.1 Å². The van der Waals surface area contributed by atoms with E-state index in [2.05, 4.69) is 21.2 Å². The molecule has 3 N–H and O–H groups in total. The van der Waals surface area contributed by atoms with Crippen molar-refractivity contribution in [2.24, 2.45) is 0 Å². The van der Waals surface area contributed by atoms with Crippen molar-refractivity contribution in [1.29, 1.82) is 0 Å². The van der Waals surface area contributed by atoms with Crippen LogP contribution in [-0.4, -0.2) is 5.91 Å². The highest BCUT2D eigenvalue weighted by Gasteiger charge is 2.14. The van der Waals surface area contributed by atoms with Crippen LogP contribution in [0.4, 0.5) is 11.4 Å². The lowest BCUT2D eigenvalue weighted by molar-refractivity contribution is 0.102. The summed E-state index contributed by atoms with van der Waals surface area (Å²) >= 11 is 3.39. The number of halogens is 1. The molecular weight excluding hydrogens is 316 g/mol. The molecule has 2 aromatic rings. The molecule has 0 heterocycles. The Hall–Kier alpha value is -1.81. The molecule has 0 bridgehead atoms. The molecule has 0 atom stereocenters. The summed E-state index contributed by atoms with van der Waals surface area (Å²) in [6, 6.07) is 9.52. The number of nitrogen functional groups attached to an aromatic ring is 1. The molecule has 0 spiro atoms. The van der Waals surface area contributed by atoms with Crippen LogP contribution in [0.2, 0.25) is 0 Å². The largest absolute Gasteiger partial charge is 0.397 e. The quantitative estimate of drug-likeness (QED) is 0.809. The standard InChI is InChI=1S/C16H17BrN2O/c1-9-5-4-6-10(2)14(9)16(20)19-15-11(3)7-12(17)8-13(15)18/h4-8H,18H2,1-3H3,(H,19,20). The zero-order valence-electron chi connectivity index (χ0n) is 11.8. The van der Waals surface area contributed by atoms with E-state index >= 15 is 0 Å². The highest BCUT2D eigenvalue weighted by Crippen LogP contribution is 2.28. The molecule has 0 aliphatic rings. The summed E-state index contributed by atoms with van der Waals surface area (Å²) in [4.78, 5) is 12.5. The lowest BCUT2D eigenvalue weighted by atomic mass is 10.0. The van der Waals surface area contributed by atoms with Crippen LogP contribution in [0.15, 0.2) is 34.8 Å². The molecule has 0 aliphatic heterocycles. The van der Waals surface area contributed by atoms with Gasteiger partial charge in [0.05, 0.1) is 11.4 Å². The Balaban J connectivity index is 2.38. The van der Waals surface area contributed by atoms with Crippen molar-refractivity contribution in [3.8, 4) is 0 Å². The third-order valence-electron chi connectivity index (χ3n) is 3.28. The van der Waals surface area contributed by atoms with Gasteiger partial charge in [-0.15, -0.1) is 0 Å². The van der Waals surface area contributed by atoms with Crippen LogP contribution in [0.1, 0.15) is 27.0 Å². The predicted octanol–water partition coefficient (Wildman–Crippen LogP) is 4.21. The summed E-state index contributed by atoms with van der Waals surface area (Å²) in [5.74, 6) is -0.127. The Morgan fingerprint density at radius 1 is 1.10 bits per heavy atom. The second-order valence-electron chi connectivity index (χ2n) is 4.91. The Kier molecular flexibility index (Phi) is 4.14. The van der Waals surface area contributed by atoms with E-state index in [4.69, 9.17) is 5.73 Å². The number of nitrogens with two attached hydrogens (primary N) is 1. The summed E-state index contributed by atoms with van der Waals surface area (Å²) < 4.78 is 0.901. The Labute approximate surface area is 127 Å². The number of benzene rings is 2. The first-order valence-electron chi connectivity index (χ1n) is 6.33. The summed E-state index contributed by atoms with van der Waals surface area (Å²) in [7, 11) is 0. The number of carbonyl (C=O) groups excluding carboxylic acids is 1. The zero-order valence-corrected chi connectivity index (χ0v) is 13.3. The molecule has 104 valence electrons. The van der Waals surface area contributed by atoms with Crippen LogP contribution in [-0.2, 0) is 0 Å². The van der Waals surface area contributed by atoms with Crippen molar-refractivity contribution < 1.29 is 4.79 Å². The number of hydrogen-bond acceptors (Lipinski definition) is 2. The summed E-state index contributed by atoms with van der Waals surface area (Å²) in [5, 5.41) is 2.92. The van der Waals surface area contributed by atoms with Gasteiger partial charge in [-0.2, -0.15) is 0 Å². The molecule has 0 saturated heterocycles. The third-order valence-corrected chi connectivity index (χ3v) is 3.74. The molecule has 0 saturated carbocycles. The molecule has 2 aromatic carbocycles. The van der Waals surface area contributed by atoms with Gasteiger partial charge in [-0.25, -0.2) is 0 Å². The fourth-order valence-electron chi connectivity index (χ4n) is 2.29. The first-order valence-corrected chi connectivity index (χ1v) is 7.12. The average molecular weight is 333 g/mol. The van der Waals surface area contributed by atoms with E-state index in [1.807, 2.05) is 45.0 Å². The minimum absolute atomic E-state index is 0.127. The molecule has 0 fully saturated rings. The Morgan fingerprint density at radius 3 is 2.25 bits per heavy atom. The van der Waals surface area contributed by atoms with Gasteiger partial charge in [0.15, 0.2) is 0 Å². The van der Waals surface area contributed by atoms with Crippen LogP contribution in [0.3, 0.4) is 0 Å². The maximum atomic E-state index is 12.5. The summed E-state index contributed by atoms with van der Waals surface area (Å²) in [6.07, 6.45) is 0. The molecule has 0 radical (unpaired) electrons. The monoisotopic (exact) mass is 332 g/mol. The second kappa shape index (κ2) is 5.67. The molecule has 2 rings (SSSR count). The van der Waals surface area contributed by atoms with Crippen molar-refractivity contribution in [1.82, 2.24) is 0 Å². The van der Waals surface area contributed by atoms with Crippen LogP contribution in [0.25, 0.3) is 0 Å². The first-order chi connectivity index (χ1) is 9.40. The number of amides is 1. The van der Waals surface area contributed by atoms with Crippen molar-refractivity contribution in [2.75, 3.05) is 11.1 Å². The smallest absolute Gasteiger partial charge is 0.256 e. The summed E-state index contributed by atoms with van der Waals surface area (Å²) in [5.41, 5.74) is 10.7. The lowest BCUT2D eigenvalue weighted by Crippen LogP contribution is -2.16. The van der Waals surface area contributed by atoms with Gasteiger partial charge in [0.1, 0.15) is 0 Å². The molecule has 20 heavy (non-hydrogen) atoms. The molecule has 0 aliphatic carbocycles. The van der Waals surface area contributed by atoms with Gasteiger partial charge in [-0.3, -0.25) is 4.79 Å². The maximum Gasteiger partial charge on any atom is 0.256 e. The van der Waals surface area contributed by atoms with E-state index in [0.717, 1.165) is 21.2 Å². The predicted molar refractivity (Wildman–Crippen MR) is 87.2 cm³/mol. The fraction of sp³-hybridized carbons (Fsp3) is 0.188. The number of aryl methyl sites for hydroxylation is 3. The van der Waals surface area contributed by atoms with Gasteiger partial charge >= 0.3 is 0 Å². The van der Waals surface area contributed by atoms with Crippen molar-refractivity contribution in [2.45, 2.75) is 20.8 Å². The van der Waals surface area contributed by atoms with Gasteiger partial charge in [-0.1, -0.05) is 34.1 Å². The number of carbonyl (C=O) groups is 1. The van der Waals surface area contributed by atoms with E-state index in [-0.39, 0.29) is 5.91 Å². The Bertz CT molecular complexity index is 637. The first kappa shape index (κ1) is 14.6. The topological polar surface area (TPSA) is 55.1 Å². The van der Waals surface area contributed by atoms with E-state index in [1.54, 1.807) is 6.07 Å². The van der Waals surface area contributed by atoms with E-state index in [0.29, 0.717) is 16.9 Å². The molecule has 4 heteroatoms. The highest BCUT2D eigenvalue weighted by molar-refractivity contribution is 9.10. The zero-order chi connectivity index (χ0) is 14.9. The molecule has 0 unspecified atom stereocenters. The van der Waals surface area contributed by atoms with Gasteiger partial charge in [0.25, 0.3) is 5.91 Å². The van der Waals surface area contributed by atoms with Gasteiger partial charge in [0.2, 0.25) is 0 Å². The van der Waals surface area contributed by atoms with Gasteiger partial charge in [-0.05, 0) is 49.6 Å². The molecule has 1 amide bonds.